The van der Waals surface area contributed by atoms with Crippen LogP contribution in [0.15, 0.2) is 11.6 Å². The van der Waals surface area contributed by atoms with Gasteiger partial charge in [-0.05, 0) is 24.9 Å². The minimum Gasteiger partial charge on any atom is -0.359 e. The molecule has 0 saturated heterocycles. The van der Waals surface area contributed by atoms with E-state index in [4.69, 9.17) is 0 Å². The molecule has 4 heteroatoms. The van der Waals surface area contributed by atoms with E-state index in [0.717, 1.165) is 5.13 Å². The summed E-state index contributed by atoms with van der Waals surface area (Å²) in [6, 6.07) is 0.533. The molecule has 1 unspecified atom stereocenters. The van der Waals surface area contributed by atoms with Crippen molar-refractivity contribution in [3.63, 3.8) is 0 Å². The molecule has 2 nitrogen and oxygen atoms in total. The Labute approximate surface area is 88.2 Å². The highest BCUT2D eigenvalue weighted by molar-refractivity contribution is 7.99. The number of hydrogen-bond acceptors (Lipinski definition) is 4. The molecule has 1 rings (SSSR count). The van der Waals surface area contributed by atoms with Gasteiger partial charge in [0.1, 0.15) is 0 Å². The van der Waals surface area contributed by atoms with Crippen LogP contribution in [0.5, 0.6) is 0 Å². The van der Waals surface area contributed by atoms with Crippen LogP contribution in [0.2, 0.25) is 0 Å². The summed E-state index contributed by atoms with van der Waals surface area (Å²) in [5.74, 6) is 2.44. The van der Waals surface area contributed by atoms with Gasteiger partial charge in [0.25, 0.3) is 0 Å². The summed E-state index contributed by atoms with van der Waals surface area (Å²) >= 11 is 3.65. The number of nitrogens with one attached hydrogen (secondary N) is 1. The lowest BCUT2D eigenvalue weighted by atomic mass is 10.3. The number of rotatable bonds is 6. The highest BCUT2D eigenvalue weighted by Gasteiger charge is 2.02. The van der Waals surface area contributed by atoms with Gasteiger partial charge in [-0.25, -0.2) is 4.98 Å². The molecule has 1 aromatic rings. The Morgan fingerprint density at radius 1 is 1.69 bits per heavy atom. The molecule has 0 amide bonds. The average Bonchev–Trinajstić information content (AvgIpc) is 2.57. The molecule has 74 valence electrons. The van der Waals surface area contributed by atoms with Gasteiger partial charge in [-0.15, -0.1) is 11.3 Å². The second kappa shape index (κ2) is 6.27. The first-order valence-electron chi connectivity index (χ1n) is 4.56. The summed E-state index contributed by atoms with van der Waals surface area (Å²) in [5, 5.41) is 6.41. The Balaban J connectivity index is 2.14. The summed E-state index contributed by atoms with van der Waals surface area (Å²) in [7, 11) is 0. The topological polar surface area (TPSA) is 24.9 Å². The van der Waals surface area contributed by atoms with Crippen LogP contribution in [0.4, 0.5) is 5.13 Å². The van der Waals surface area contributed by atoms with E-state index in [9.17, 15) is 0 Å². The van der Waals surface area contributed by atoms with Gasteiger partial charge in [0.15, 0.2) is 5.13 Å². The van der Waals surface area contributed by atoms with Crippen LogP contribution in [-0.2, 0) is 0 Å². The van der Waals surface area contributed by atoms with E-state index < -0.39 is 0 Å². The third-order valence-electron chi connectivity index (χ3n) is 1.70. The van der Waals surface area contributed by atoms with Crippen LogP contribution in [0.3, 0.4) is 0 Å². The van der Waals surface area contributed by atoms with Crippen LogP contribution in [0.25, 0.3) is 0 Å². The lowest BCUT2D eigenvalue weighted by Gasteiger charge is -2.11. The number of thioether (sulfide) groups is 1. The predicted octanol–water partition coefficient (Wildman–Crippen LogP) is 3.09. The molecule has 1 N–H and O–H groups in total. The van der Waals surface area contributed by atoms with Crippen LogP contribution in [0.1, 0.15) is 20.3 Å². The van der Waals surface area contributed by atoms with E-state index >= 15 is 0 Å². The van der Waals surface area contributed by atoms with Crippen LogP contribution in [-0.4, -0.2) is 22.5 Å². The van der Waals surface area contributed by atoms with Crippen molar-refractivity contribution in [1.82, 2.24) is 4.98 Å². The third-order valence-corrected chi connectivity index (χ3v) is 3.34. The Morgan fingerprint density at radius 2 is 2.54 bits per heavy atom. The first-order chi connectivity index (χ1) is 6.33. The molecule has 0 aromatic carbocycles. The summed E-state index contributed by atoms with van der Waals surface area (Å²) in [4.78, 5) is 4.19. The summed E-state index contributed by atoms with van der Waals surface area (Å²) in [6.07, 6.45) is 3.04. The van der Waals surface area contributed by atoms with Crippen molar-refractivity contribution >= 4 is 28.2 Å². The molecule has 0 aliphatic rings. The van der Waals surface area contributed by atoms with Crippen molar-refractivity contribution in [2.75, 3.05) is 16.8 Å². The molecule has 0 bridgehead atoms. The van der Waals surface area contributed by atoms with Gasteiger partial charge >= 0.3 is 0 Å². The Bertz CT molecular complexity index is 211. The van der Waals surface area contributed by atoms with Crippen LogP contribution in [0, 0.1) is 0 Å². The fourth-order valence-electron chi connectivity index (χ4n) is 0.982. The Kier molecular flexibility index (Phi) is 5.23. The first-order valence-corrected chi connectivity index (χ1v) is 6.60. The molecule has 0 radical (unpaired) electrons. The lowest BCUT2D eigenvalue weighted by Crippen LogP contribution is -2.15. The van der Waals surface area contributed by atoms with E-state index in [1.807, 2.05) is 23.3 Å². The van der Waals surface area contributed by atoms with Gasteiger partial charge in [0.05, 0.1) is 0 Å². The summed E-state index contributed by atoms with van der Waals surface area (Å²) in [5.41, 5.74) is 0. The van der Waals surface area contributed by atoms with E-state index in [1.165, 1.54) is 17.9 Å². The zero-order valence-electron chi connectivity index (χ0n) is 8.12. The van der Waals surface area contributed by atoms with Crippen LogP contribution < -0.4 is 5.32 Å². The highest BCUT2D eigenvalue weighted by Crippen LogP contribution is 2.13. The standard InChI is InChI=1S/C9H16N2S2/c1-3-12-6-4-8(2)11-9-10-5-7-13-9/h5,7-8H,3-4,6H2,1-2H3,(H,10,11). The normalized spacial score (nSPS) is 12.8. The third kappa shape index (κ3) is 4.52. The molecule has 0 aliphatic heterocycles. The number of hydrogen-bond donors (Lipinski definition) is 1. The van der Waals surface area contributed by atoms with Gasteiger partial charge in [-0.2, -0.15) is 11.8 Å². The molecule has 0 fully saturated rings. The lowest BCUT2D eigenvalue weighted by molar-refractivity contribution is 0.770. The Morgan fingerprint density at radius 3 is 3.15 bits per heavy atom. The van der Waals surface area contributed by atoms with E-state index in [1.54, 1.807) is 11.3 Å². The van der Waals surface area contributed by atoms with E-state index in [0.29, 0.717) is 6.04 Å². The first kappa shape index (κ1) is 10.9. The molecule has 1 aromatic heterocycles. The maximum atomic E-state index is 4.19. The van der Waals surface area contributed by atoms with Gasteiger partial charge in [-0.1, -0.05) is 6.92 Å². The van der Waals surface area contributed by atoms with E-state index in [2.05, 4.69) is 24.1 Å². The SMILES string of the molecule is CCSCCC(C)Nc1nccs1. The number of aromatic nitrogens is 1. The van der Waals surface area contributed by atoms with Crippen molar-refractivity contribution in [3.8, 4) is 0 Å². The molecular formula is C9H16N2S2. The van der Waals surface area contributed by atoms with Gasteiger partial charge in [0, 0.05) is 17.6 Å². The quantitative estimate of drug-likeness (QED) is 0.740. The van der Waals surface area contributed by atoms with Crippen LogP contribution >= 0.6 is 23.1 Å². The molecule has 0 aliphatic carbocycles. The zero-order chi connectivity index (χ0) is 9.52. The largest absolute Gasteiger partial charge is 0.359 e. The predicted molar refractivity (Wildman–Crippen MR) is 62.8 cm³/mol. The zero-order valence-corrected chi connectivity index (χ0v) is 9.75. The average molecular weight is 216 g/mol. The second-order valence-electron chi connectivity index (χ2n) is 2.87. The summed E-state index contributed by atoms with van der Waals surface area (Å²) < 4.78 is 0. The second-order valence-corrected chi connectivity index (χ2v) is 5.16. The van der Waals surface area contributed by atoms with Gasteiger partial charge in [-0.3, -0.25) is 0 Å². The fourth-order valence-corrected chi connectivity index (χ4v) is 2.43. The molecular weight excluding hydrogens is 200 g/mol. The van der Waals surface area contributed by atoms with E-state index in [-0.39, 0.29) is 0 Å². The molecule has 1 heterocycles. The monoisotopic (exact) mass is 216 g/mol. The van der Waals surface area contributed by atoms with Crippen molar-refractivity contribution < 1.29 is 0 Å². The number of anilines is 1. The maximum absolute atomic E-state index is 4.19. The minimum atomic E-state index is 0.533. The molecule has 0 spiro atoms. The highest BCUT2D eigenvalue weighted by atomic mass is 32.2. The smallest absolute Gasteiger partial charge is 0.182 e. The summed E-state index contributed by atoms with van der Waals surface area (Å²) in [6.45, 7) is 4.40. The minimum absolute atomic E-state index is 0.533. The van der Waals surface area contributed by atoms with Crippen molar-refractivity contribution in [2.24, 2.45) is 0 Å². The number of thiazole rings is 1. The van der Waals surface area contributed by atoms with Gasteiger partial charge in [0.2, 0.25) is 0 Å². The van der Waals surface area contributed by atoms with Crippen molar-refractivity contribution in [3.05, 3.63) is 11.6 Å². The molecule has 1 atom stereocenters. The van der Waals surface area contributed by atoms with Crippen molar-refractivity contribution in [2.45, 2.75) is 26.3 Å². The molecule has 0 saturated carbocycles. The molecule has 13 heavy (non-hydrogen) atoms. The number of nitrogens with zero attached hydrogens (tertiary/aromatic N) is 1. The van der Waals surface area contributed by atoms with Crippen molar-refractivity contribution in [1.29, 1.82) is 0 Å². The fraction of sp³-hybridized carbons (Fsp3) is 0.667. The Hall–Kier alpha value is -0.220. The van der Waals surface area contributed by atoms with Gasteiger partial charge < -0.3 is 5.32 Å². The maximum Gasteiger partial charge on any atom is 0.182 e.